The SMILES string of the molecule is C[C@H]1CC(=O)NC(SCC(=O)NCc2ccc(C(=O)O)cc2)=N1. The summed E-state index contributed by atoms with van der Waals surface area (Å²) >= 11 is 1.18. The lowest BCUT2D eigenvalue weighted by Gasteiger charge is -2.17. The molecule has 2 rings (SSSR count). The Bertz CT molecular complexity index is 643. The van der Waals surface area contributed by atoms with Crippen molar-refractivity contribution in [3.63, 3.8) is 0 Å². The molecule has 0 unspecified atom stereocenters. The lowest BCUT2D eigenvalue weighted by molar-refractivity contribution is -0.120. The number of carbonyl (C=O) groups is 3. The monoisotopic (exact) mass is 335 g/mol. The van der Waals surface area contributed by atoms with Gasteiger partial charge in [0.05, 0.1) is 17.4 Å². The summed E-state index contributed by atoms with van der Waals surface area (Å²) in [6.07, 6.45) is 0.364. The standard InChI is InChI=1S/C15H17N3O4S/c1-9-6-12(19)18-15(17-9)23-8-13(20)16-7-10-2-4-11(5-3-10)14(21)22/h2-5,9H,6-8H2,1H3,(H,16,20)(H,21,22)(H,17,18,19)/t9-/m0/s1. The largest absolute Gasteiger partial charge is 0.478 e. The number of amidine groups is 1. The van der Waals surface area contributed by atoms with E-state index in [1.165, 1.54) is 23.9 Å². The molecule has 2 amide bonds. The van der Waals surface area contributed by atoms with E-state index in [4.69, 9.17) is 5.11 Å². The highest BCUT2D eigenvalue weighted by Gasteiger charge is 2.18. The van der Waals surface area contributed by atoms with Crippen LogP contribution in [0.15, 0.2) is 29.3 Å². The molecule has 122 valence electrons. The van der Waals surface area contributed by atoms with E-state index in [1.54, 1.807) is 12.1 Å². The minimum absolute atomic E-state index is 0.0675. The predicted octanol–water partition coefficient (Wildman–Crippen LogP) is 0.999. The van der Waals surface area contributed by atoms with E-state index in [-0.39, 0.29) is 29.2 Å². The van der Waals surface area contributed by atoms with Crippen LogP contribution < -0.4 is 10.6 Å². The molecule has 1 atom stereocenters. The van der Waals surface area contributed by atoms with Crippen LogP contribution in [0.3, 0.4) is 0 Å². The lowest BCUT2D eigenvalue weighted by atomic mass is 10.1. The third-order valence-corrected chi connectivity index (χ3v) is 3.98. The van der Waals surface area contributed by atoms with E-state index in [0.29, 0.717) is 18.1 Å². The van der Waals surface area contributed by atoms with Gasteiger partial charge in [0.2, 0.25) is 11.8 Å². The summed E-state index contributed by atoms with van der Waals surface area (Å²) in [5, 5.41) is 14.6. The van der Waals surface area contributed by atoms with E-state index in [0.717, 1.165) is 5.56 Å². The summed E-state index contributed by atoms with van der Waals surface area (Å²) in [7, 11) is 0. The molecule has 0 saturated carbocycles. The Morgan fingerprint density at radius 2 is 2.09 bits per heavy atom. The molecule has 1 heterocycles. The second-order valence-corrected chi connectivity index (χ2v) is 6.07. The highest BCUT2D eigenvalue weighted by atomic mass is 32.2. The number of benzene rings is 1. The summed E-state index contributed by atoms with van der Waals surface area (Å²) in [6.45, 7) is 2.16. The minimum atomic E-state index is -0.985. The van der Waals surface area contributed by atoms with Crippen molar-refractivity contribution >= 4 is 34.7 Å². The fraction of sp³-hybridized carbons (Fsp3) is 0.333. The third kappa shape index (κ3) is 5.41. The zero-order valence-electron chi connectivity index (χ0n) is 12.5. The zero-order valence-corrected chi connectivity index (χ0v) is 13.4. The van der Waals surface area contributed by atoms with E-state index in [2.05, 4.69) is 15.6 Å². The fourth-order valence-corrected chi connectivity index (χ4v) is 2.75. The van der Waals surface area contributed by atoms with Gasteiger partial charge in [0.15, 0.2) is 5.17 Å². The molecule has 8 heteroatoms. The Labute approximate surface area is 137 Å². The number of carbonyl (C=O) groups excluding carboxylic acids is 2. The molecule has 0 radical (unpaired) electrons. The van der Waals surface area contributed by atoms with Crippen LogP contribution in [0, 0.1) is 0 Å². The van der Waals surface area contributed by atoms with Crippen LogP contribution in [0.25, 0.3) is 0 Å². The first-order valence-electron chi connectivity index (χ1n) is 7.03. The Hall–Kier alpha value is -2.35. The van der Waals surface area contributed by atoms with Gasteiger partial charge in [-0.3, -0.25) is 14.6 Å². The molecule has 3 N–H and O–H groups in total. The van der Waals surface area contributed by atoms with E-state index < -0.39 is 5.97 Å². The summed E-state index contributed by atoms with van der Waals surface area (Å²) in [5.41, 5.74) is 1.01. The van der Waals surface area contributed by atoms with Gasteiger partial charge < -0.3 is 15.7 Å². The molecule has 7 nitrogen and oxygen atoms in total. The van der Waals surface area contributed by atoms with Crippen molar-refractivity contribution in [2.24, 2.45) is 4.99 Å². The smallest absolute Gasteiger partial charge is 0.335 e. The summed E-state index contributed by atoms with van der Waals surface area (Å²) < 4.78 is 0. The Morgan fingerprint density at radius 1 is 1.39 bits per heavy atom. The molecule has 0 spiro atoms. The van der Waals surface area contributed by atoms with Gasteiger partial charge in [0.1, 0.15) is 0 Å². The van der Waals surface area contributed by atoms with Crippen LogP contribution in [0.4, 0.5) is 0 Å². The molecule has 23 heavy (non-hydrogen) atoms. The van der Waals surface area contributed by atoms with Crippen molar-refractivity contribution in [3.05, 3.63) is 35.4 Å². The molecular weight excluding hydrogens is 318 g/mol. The number of nitrogens with zero attached hydrogens (tertiary/aromatic N) is 1. The van der Waals surface area contributed by atoms with Crippen molar-refractivity contribution in [2.75, 3.05) is 5.75 Å². The topological polar surface area (TPSA) is 108 Å². The average molecular weight is 335 g/mol. The zero-order chi connectivity index (χ0) is 16.8. The number of amides is 2. The maximum Gasteiger partial charge on any atom is 0.335 e. The van der Waals surface area contributed by atoms with Crippen LogP contribution in [0.2, 0.25) is 0 Å². The second-order valence-electron chi connectivity index (χ2n) is 5.10. The van der Waals surface area contributed by atoms with E-state index in [9.17, 15) is 14.4 Å². The number of rotatable bonds is 5. The Balaban J connectivity index is 1.77. The molecule has 0 aromatic heterocycles. The van der Waals surface area contributed by atoms with Gasteiger partial charge in [-0.1, -0.05) is 23.9 Å². The van der Waals surface area contributed by atoms with Crippen molar-refractivity contribution in [2.45, 2.75) is 25.9 Å². The van der Waals surface area contributed by atoms with Gasteiger partial charge in [-0.15, -0.1) is 0 Å². The molecular formula is C15H17N3O4S. The van der Waals surface area contributed by atoms with Gasteiger partial charge in [-0.05, 0) is 24.6 Å². The van der Waals surface area contributed by atoms with Crippen molar-refractivity contribution in [1.82, 2.24) is 10.6 Å². The minimum Gasteiger partial charge on any atom is -0.478 e. The van der Waals surface area contributed by atoms with Gasteiger partial charge in [0, 0.05) is 13.0 Å². The molecule has 1 aliphatic heterocycles. The molecule has 1 aromatic rings. The van der Waals surface area contributed by atoms with Crippen LogP contribution in [-0.4, -0.2) is 39.9 Å². The van der Waals surface area contributed by atoms with Gasteiger partial charge in [-0.25, -0.2) is 4.79 Å². The molecule has 1 aliphatic rings. The van der Waals surface area contributed by atoms with Gasteiger partial charge in [-0.2, -0.15) is 0 Å². The maximum absolute atomic E-state index is 11.8. The average Bonchev–Trinajstić information content (AvgIpc) is 2.50. The van der Waals surface area contributed by atoms with Crippen molar-refractivity contribution in [1.29, 1.82) is 0 Å². The number of aromatic carboxylic acids is 1. The summed E-state index contributed by atoms with van der Waals surface area (Å²) in [5.74, 6) is -1.11. The number of hydrogen-bond donors (Lipinski definition) is 3. The van der Waals surface area contributed by atoms with Gasteiger partial charge >= 0.3 is 5.97 Å². The fourth-order valence-electron chi connectivity index (χ4n) is 1.94. The third-order valence-electron chi connectivity index (χ3n) is 3.10. The van der Waals surface area contributed by atoms with Crippen molar-refractivity contribution < 1.29 is 19.5 Å². The lowest BCUT2D eigenvalue weighted by Crippen LogP contribution is -2.37. The van der Waals surface area contributed by atoms with Crippen LogP contribution in [0.5, 0.6) is 0 Å². The number of nitrogens with one attached hydrogen (secondary N) is 2. The van der Waals surface area contributed by atoms with E-state index in [1.807, 2.05) is 6.92 Å². The number of carboxylic acid groups (broad SMARTS) is 1. The highest BCUT2D eigenvalue weighted by molar-refractivity contribution is 8.14. The molecule has 0 aliphatic carbocycles. The maximum atomic E-state index is 11.8. The molecule has 0 fully saturated rings. The molecule has 0 bridgehead atoms. The molecule has 1 aromatic carbocycles. The normalized spacial score (nSPS) is 17.2. The van der Waals surface area contributed by atoms with Gasteiger partial charge in [0.25, 0.3) is 0 Å². The highest BCUT2D eigenvalue weighted by Crippen LogP contribution is 2.11. The van der Waals surface area contributed by atoms with E-state index >= 15 is 0 Å². The first-order chi connectivity index (χ1) is 10.9. The quantitative estimate of drug-likeness (QED) is 0.744. The first-order valence-corrected chi connectivity index (χ1v) is 8.02. The number of hydrogen-bond acceptors (Lipinski definition) is 5. The summed E-state index contributed by atoms with van der Waals surface area (Å²) in [4.78, 5) is 38.2. The second kappa shape index (κ2) is 7.77. The van der Waals surface area contributed by atoms with Crippen LogP contribution in [-0.2, 0) is 16.1 Å². The van der Waals surface area contributed by atoms with Crippen molar-refractivity contribution in [3.8, 4) is 0 Å². The number of aliphatic imine (C=N–C) groups is 1. The predicted molar refractivity (Wildman–Crippen MR) is 87.4 cm³/mol. The number of thioether (sulfide) groups is 1. The number of carboxylic acids is 1. The Kier molecular flexibility index (Phi) is 5.75. The summed E-state index contributed by atoms with van der Waals surface area (Å²) in [6, 6.07) is 6.23. The molecule has 0 saturated heterocycles. The van der Waals surface area contributed by atoms with Crippen LogP contribution in [0.1, 0.15) is 29.3 Å². The first kappa shape index (κ1) is 17.0. The Morgan fingerprint density at radius 3 is 2.70 bits per heavy atom. The van der Waals surface area contributed by atoms with Crippen LogP contribution >= 0.6 is 11.8 Å².